The average molecular weight is 299 g/mol. The summed E-state index contributed by atoms with van der Waals surface area (Å²) >= 11 is 0.387. The van der Waals surface area contributed by atoms with Crippen molar-refractivity contribution in [3.05, 3.63) is 40.3 Å². The van der Waals surface area contributed by atoms with Gasteiger partial charge in [0.2, 0.25) is 0 Å². The van der Waals surface area contributed by atoms with E-state index in [0.29, 0.717) is 14.5 Å². The van der Waals surface area contributed by atoms with Crippen molar-refractivity contribution in [2.45, 2.75) is 13.8 Å². The van der Waals surface area contributed by atoms with Gasteiger partial charge in [0, 0.05) is 0 Å². The summed E-state index contributed by atoms with van der Waals surface area (Å²) in [5.74, 6) is 0.831. The maximum atomic E-state index is 8.98. The Labute approximate surface area is 103 Å². The van der Waals surface area contributed by atoms with Crippen LogP contribution in [0.4, 0.5) is 0 Å². The number of aryl methyl sites for hydroxylation is 1. The predicted molar refractivity (Wildman–Crippen MR) is 69.5 cm³/mol. The van der Waals surface area contributed by atoms with E-state index in [1.165, 1.54) is 10.0 Å². The normalized spacial score (nSPS) is 11.2. The second-order valence-corrected chi connectivity index (χ2v) is 5.93. The van der Waals surface area contributed by atoms with Gasteiger partial charge in [-0.05, 0) is 0 Å². The first-order chi connectivity index (χ1) is 7.74. The van der Waals surface area contributed by atoms with Gasteiger partial charge in [0.25, 0.3) is 0 Å². The predicted octanol–water partition coefficient (Wildman–Crippen LogP) is 2.91. The molecule has 0 aliphatic heterocycles. The van der Waals surface area contributed by atoms with Crippen molar-refractivity contribution in [1.82, 2.24) is 0 Å². The van der Waals surface area contributed by atoms with Crippen LogP contribution in [0.3, 0.4) is 0 Å². The molecule has 0 amide bonds. The summed E-state index contributed by atoms with van der Waals surface area (Å²) in [6.45, 7) is 4.09. The minimum atomic E-state index is -0.500. The molecule has 1 unspecified atom stereocenters. The Morgan fingerprint density at radius 2 is 2.06 bits per heavy atom. The Morgan fingerprint density at radius 1 is 1.25 bits per heavy atom. The number of benzene rings is 1. The van der Waals surface area contributed by atoms with Gasteiger partial charge in [-0.2, -0.15) is 0 Å². The fraction of sp³-hybridized carbons (Fsp3) is 0.167. The van der Waals surface area contributed by atoms with Crippen LogP contribution in [0.15, 0.2) is 29.2 Å². The van der Waals surface area contributed by atoms with Crippen LogP contribution in [0, 0.1) is 13.8 Å². The third kappa shape index (κ3) is 2.23. The third-order valence-electron chi connectivity index (χ3n) is 2.61. The van der Waals surface area contributed by atoms with Gasteiger partial charge >= 0.3 is 103 Å². The van der Waals surface area contributed by atoms with E-state index < -0.39 is 9.03 Å². The van der Waals surface area contributed by atoms with Gasteiger partial charge in [0.15, 0.2) is 0 Å². The first-order valence-corrected chi connectivity index (χ1v) is 7.64. The van der Waals surface area contributed by atoms with E-state index in [1.54, 1.807) is 0 Å². The maximum absolute atomic E-state index is 8.98. The van der Waals surface area contributed by atoms with E-state index in [0.717, 1.165) is 16.9 Å². The van der Waals surface area contributed by atoms with Gasteiger partial charge < -0.3 is 0 Å². The zero-order chi connectivity index (χ0) is 11.5. The van der Waals surface area contributed by atoms with Crippen molar-refractivity contribution in [3.8, 4) is 15.8 Å². The van der Waals surface area contributed by atoms with E-state index in [4.69, 9.17) is 9.42 Å². The molecule has 0 fully saturated rings. The Hall–Kier alpha value is -0.591. The summed E-state index contributed by atoms with van der Waals surface area (Å²) in [6, 6.07) is 8.39. The van der Waals surface area contributed by atoms with Crippen LogP contribution < -0.4 is 4.52 Å². The Morgan fingerprint density at radius 3 is 2.69 bits per heavy atom. The molecule has 0 saturated carbocycles. The monoisotopic (exact) mass is 300 g/mol. The molecule has 1 aromatic carbocycles. The summed E-state index contributed by atoms with van der Waals surface area (Å²) in [4.78, 5) is 11.2. The molecule has 84 valence electrons. The summed E-state index contributed by atoms with van der Waals surface area (Å²) < 4.78 is 6.69. The summed E-state index contributed by atoms with van der Waals surface area (Å²) in [5.41, 5.74) is 3.42. The van der Waals surface area contributed by atoms with Gasteiger partial charge in [-0.25, -0.2) is 0 Å². The van der Waals surface area contributed by atoms with Crippen molar-refractivity contribution in [2.75, 3.05) is 0 Å². The molecule has 2 nitrogen and oxygen atoms in total. The molecule has 0 bridgehead atoms. The molecule has 1 heterocycles. The van der Waals surface area contributed by atoms with E-state index in [1.807, 2.05) is 6.92 Å². The van der Waals surface area contributed by atoms with Crippen LogP contribution in [0.2, 0.25) is 0 Å². The van der Waals surface area contributed by atoms with Crippen molar-refractivity contribution in [2.24, 2.45) is 0 Å². The van der Waals surface area contributed by atoms with E-state index in [2.05, 4.69) is 36.1 Å². The topological polar surface area (TPSA) is 29.5 Å². The Kier molecular flexibility index (Phi) is 3.83. The van der Waals surface area contributed by atoms with Gasteiger partial charge in [-0.1, -0.05) is 0 Å². The van der Waals surface area contributed by atoms with Crippen LogP contribution in [-0.2, 0) is 0 Å². The van der Waals surface area contributed by atoms with E-state index >= 15 is 0 Å². The third-order valence-corrected chi connectivity index (χ3v) is 4.80. The molecule has 1 atom stereocenters. The van der Waals surface area contributed by atoms with Gasteiger partial charge in [-0.3, -0.25) is 0 Å². The zero-order valence-corrected chi connectivity index (χ0v) is 11.9. The molecule has 16 heavy (non-hydrogen) atoms. The van der Waals surface area contributed by atoms with Crippen molar-refractivity contribution >= 4 is 23.5 Å². The molecule has 0 radical (unpaired) electrons. The molecular weight excluding hydrogens is 286 g/mol. The molecule has 1 N–H and O–H groups in total. The van der Waals surface area contributed by atoms with E-state index in [-0.39, 0.29) is 0 Å². The zero-order valence-electron chi connectivity index (χ0n) is 9.15. The molecule has 2 aromatic rings. The van der Waals surface area contributed by atoms with Crippen LogP contribution in [0.1, 0.15) is 11.1 Å². The van der Waals surface area contributed by atoms with Crippen LogP contribution in [0.25, 0.3) is 10.0 Å². The molecule has 1 aromatic heterocycles. The quantitative estimate of drug-likeness (QED) is 0.697. The van der Waals surface area contributed by atoms with Crippen molar-refractivity contribution < 1.29 is 9.42 Å². The molecule has 0 aliphatic rings. The molecule has 2 rings (SSSR count). The second-order valence-electron chi connectivity index (χ2n) is 3.55. The standard InChI is InChI=1S/C12H13O2PSe/c1-8-5-6-10(11-4-3-7-16-11)12(9(8)2)14-15-13/h3-7,13,15H,1-2H3. The van der Waals surface area contributed by atoms with Gasteiger partial charge in [0.1, 0.15) is 0 Å². The minimum absolute atomic E-state index is 0.387. The van der Waals surface area contributed by atoms with Gasteiger partial charge in [-0.15, -0.1) is 0 Å². The van der Waals surface area contributed by atoms with Crippen molar-refractivity contribution in [3.63, 3.8) is 0 Å². The second kappa shape index (κ2) is 5.16. The molecule has 0 saturated heterocycles. The molecule has 4 heteroatoms. The summed E-state index contributed by atoms with van der Waals surface area (Å²) in [5, 5.41) is 0. The first-order valence-electron chi connectivity index (χ1n) is 4.94. The fourth-order valence-corrected chi connectivity index (χ4v) is 3.52. The SMILES string of the molecule is Cc1ccc(-c2ccc[se]2)c(OPO)c1C. The van der Waals surface area contributed by atoms with Gasteiger partial charge in [0.05, 0.1) is 0 Å². The molecular formula is C12H13O2PSe. The van der Waals surface area contributed by atoms with Crippen LogP contribution >= 0.6 is 9.03 Å². The van der Waals surface area contributed by atoms with Crippen molar-refractivity contribution in [1.29, 1.82) is 0 Å². The average Bonchev–Trinajstić information content (AvgIpc) is 2.79. The van der Waals surface area contributed by atoms with E-state index in [9.17, 15) is 0 Å². The number of hydrogen-bond acceptors (Lipinski definition) is 2. The number of rotatable bonds is 3. The van der Waals surface area contributed by atoms with Crippen LogP contribution in [-0.4, -0.2) is 19.4 Å². The summed E-state index contributed by atoms with van der Waals surface area (Å²) in [7, 11) is -0.500. The Balaban J connectivity index is 2.57. The Bertz CT molecular complexity index is 480. The number of hydrogen-bond donors (Lipinski definition) is 1. The van der Waals surface area contributed by atoms with Crippen LogP contribution in [0.5, 0.6) is 5.75 Å². The first kappa shape index (κ1) is 11.9. The molecule has 0 aliphatic carbocycles. The molecule has 0 spiro atoms. The summed E-state index contributed by atoms with van der Waals surface area (Å²) in [6.07, 6.45) is 0. The fourth-order valence-electron chi connectivity index (χ4n) is 1.59.